The van der Waals surface area contributed by atoms with Crippen LogP contribution in [0.3, 0.4) is 0 Å². The Bertz CT molecular complexity index is 869. The summed E-state index contributed by atoms with van der Waals surface area (Å²) in [5.74, 6) is 0. The third kappa shape index (κ3) is 1.33. The maximum Gasteiger partial charge on any atom is 0.0810 e. The van der Waals surface area contributed by atoms with Gasteiger partial charge in [0.2, 0.25) is 0 Å². The van der Waals surface area contributed by atoms with E-state index < -0.39 is 0 Å². The quantitative estimate of drug-likeness (QED) is 0.268. The first kappa shape index (κ1) is 12.0. The van der Waals surface area contributed by atoms with Crippen LogP contribution in [-0.2, 0) is 0 Å². The van der Waals surface area contributed by atoms with Gasteiger partial charge in [0.25, 0.3) is 0 Å². The first-order valence-electron chi connectivity index (χ1n) is 6.05. The molecule has 0 radical (unpaired) electrons. The summed E-state index contributed by atoms with van der Waals surface area (Å²) >= 11 is 0. The van der Waals surface area contributed by atoms with Crippen LogP contribution in [0, 0.1) is 0 Å². The van der Waals surface area contributed by atoms with Gasteiger partial charge in [0.05, 0.1) is 28.4 Å². The van der Waals surface area contributed by atoms with Crippen molar-refractivity contribution in [1.29, 1.82) is 0 Å². The number of hydrogen-bond donors (Lipinski definition) is 6. The van der Waals surface area contributed by atoms with Gasteiger partial charge in [-0.05, 0) is 17.5 Å². The van der Waals surface area contributed by atoms with Crippen molar-refractivity contribution in [2.75, 3.05) is 34.4 Å². The Labute approximate surface area is 115 Å². The second-order valence-corrected chi connectivity index (χ2v) is 4.81. The maximum absolute atomic E-state index is 6.23. The van der Waals surface area contributed by atoms with E-state index in [0.717, 1.165) is 10.8 Å². The topological polar surface area (TPSA) is 156 Å². The van der Waals surface area contributed by atoms with Crippen LogP contribution in [0.4, 0.5) is 34.1 Å². The lowest BCUT2D eigenvalue weighted by atomic mass is 9.96. The minimum atomic E-state index is 0.246. The highest BCUT2D eigenvalue weighted by Crippen LogP contribution is 2.44. The molecule has 6 heteroatoms. The molecule has 0 bridgehead atoms. The molecule has 3 rings (SSSR count). The molecule has 0 aliphatic rings. The molecule has 0 aromatic heterocycles. The van der Waals surface area contributed by atoms with Gasteiger partial charge >= 0.3 is 0 Å². The van der Waals surface area contributed by atoms with Crippen LogP contribution >= 0.6 is 0 Å². The molecule has 0 saturated heterocycles. The third-order valence-electron chi connectivity index (χ3n) is 3.67. The maximum atomic E-state index is 6.23. The van der Waals surface area contributed by atoms with Gasteiger partial charge in [-0.1, -0.05) is 12.1 Å². The van der Waals surface area contributed by atoms with E-state index in [4.69, 9.17) is 34.4 Å². The lowest BCUT2D eigenvalue weighted by molar-refractivity contribution is 1.68. The summed E-state index contributed by atoms with van der Waals surface area (Å²) < 4.78 is 0. The second-order valence-electron chi connectivity index (χ2n) is 4.81. The van der Waals surface area contributed by atoms with Crippen LogP contribution < -0.4 is 34.4 Å². The average Bonchev–Trinajstić information content (AvgIpc) is 2.42. The van der Waals surface area contributed by atoms with Crippen molar-refractivity contribution in [1.82, 2.24) is 0 Å². The summed E-state index contributed by atoms with van der Waals surface area (Å²) in [6, 6.07) is 7.41. The van der Waals surface area contributed by atoms with Gasteiger partial charge in [-0.3, -0.25) is 0 Å². The Morgan fingerprint density at radius 3 is 1.95 bits per heavy atom. The molecule has 0 heterocycles. The standard InChI is InChI=1S/C14H16N6/c15-7-3-1-2-5-4-6-9(11(17)8(5)7)12(18)14(20)13(19)10(6)16/h1-4H,15-20H2. The van der Waals surface area contributed by atoms with E-state index in [2.05, 4.69) is 0 Å². The van der Waals surface area contributed by atoms with Crippen molar-refractivity contribution in [3.05, 3.63) is 24.3 Å². The lowest BCUT2D eigenvalue weighted by Crippen LogP contribution is -2.07. The van der Waals surface area contributed by atoms with Crippen molar-refractivity contribution >= 4 is 55.7 Å². The Balaban J connectivity index is 2.68. The molecule has 102 valence electrons. The average molecular weight is 268 g/mol. The fourth-order valence-electron chi connectivity index (χ4n) is 2.59. The minimum Gasteiger partial charge on any atom is -0.398 e. The Kier molecular flexibility index (Phi) is 2.25. The predicted octanol–water partition coefficient (Wildman–Crippen LogP) is 1.49. The van der Waals surface area contributed by atoms with Gasteiger partial charge in [0.1, 0.15) is 0 Å². The van der Waals surface area contributed by atoms with Gasteiger partial charge in [-0.25, -0.2) is 0 Å². The molecule has 0 aliphatic heterocycles. The van der Waals surface area contributed by atoms with Crippen molar-refractivity contribution in [3.8, 4) is 0 Å². The molecular formula is C14H16N6. The van der Waals surface area contributed by atoms with Crippen LogP contribution in [0.5, 0.6) is 0 Å². The van der Waals surface area contributed by atoms with E-state index in [-0.39, 0.29) is 11.4 Å². The summed E-state index contributed by atoms with van der Waals surface area (Å²) in [5, 5.41) is 2.91. The SMILES string of the molecule is Nc1c(N)c(N)c2c(N)c3c(N)cccc3cc2c1N. The smallest absolute Gasteiger partial charge is 0.0810 e. The van der Waals surface area contributed by atoms with Gasteiger partial charge < -0.3 is 34.4 Å². The summed E-state index contributed by atoms with van der Waals surface area (Å²) in [5.41, 5.74) is 38.3. The molecule has 0 fully saturated rings. The fraction of sp³-hybridized carbons (Fsp3) is 0. The Morgan fingerprint density at radius 2 is 1.25 bits per heavy atom. The Hall–Kier alpha value is -3.02. The van der Waals surface area contributed by atoms with Crippen LogP contribution in [0.15, 0.2) is 24.3 Å². The van der Waals surface area contributed by atoms with Gasteiger partial charge in [-0.2, -0.15) is 0 Å². The zero-order valence-electron chi connectivity index (χ0n) is 10.8. The number of fused-ring (bicyclic) bond motifs is 2. The molecule has 0 aliphatic carbocycles. The molecule has 0 atom stereocenters. The summed E-state index contributed by atoms with van der Waals surface area (Å²) in [6.45, 7) is 0. The van der Waals surface area contributed by atoms with Crippen molar-refractivity contribution in [2.24, 2.45) is 0 Å². The first-order valence-corrected chi connectivity index (χ1v) is 6.05. The molecule has 20 heavy (non-hydrogen) atoms. The number of hydrogen-bond acceptors (Lipinski definition) is 6. The van der Waals surface area contributed by atoms with E-state index >= 15 is 0 Å². The summed E-state index contributed by atoms with van der Waals surface area (Å²) in [6.07, 6.45) is 0. The number of rotatable bonds is 0. The van der Waals surface area contributed by atoms with E-state index in [1.54, 1.807) is 6.07 Å². The molecule has 0 amide bonds. The number of nitrogens with two attached hydrogens (primary N) is 6. The lowest BCUT2D eigenvalue weighted by Gasteiger charge is -2.16. The van der Waals surface area contributed by atoms with Gasteiger partial charge in [0, 0.05) is 21.8 Å². The monoisotopic (exact) mass is 268 g/mol. The van der Waals surface area contributed by atoms with Gasteiger partial charge in [-0.15, -0.1) is 0 Å². The van der Waals surface area contributed by atoms with Gasteiger partial charge in [0.15, 0.2) is 0 Å². The Morgan fingerprint density at radius 1 is 0.600 bits per heavy atom. The van der Waals surface area contributed by atoms with E-state index in [9.17, 15) is 0 Å². The van der Waals surface area contributed by atoms with Crippen molar-refractivity contribution in [3.63, 3.8) is 0 Å². The normalized spacial score (nSPS) is 11.2. The number of anilines is 6. The molecule has 3 aromatic rings. The van der Waals surface area contributed by atoms with Crippen LogP contribution in [0.2, 0.25) is 0 Å². The summed E-state index contributed by atoms with van der Waals surface area (Å²) in [7, 11) is 0. The highest BCUT2D eigenvalue weighted by atomic mass is 14.8. The molecule has 0 unspecified atom stereocenters. The number of nitrogen functional groups attached to an aromatic ring is 6. The van der Waals surface area contributed by atoms with E-state index in [1.807, 2.05) is 18.2 Å². The van der Waals surface area contributed by atoms with Crippen molar-refractivity contribution < 1.29 is 0 Å². The molecule has 0 saturated carbocycles. The molecule has 0 spiro atoms. The molecule has 12 N–H and O–H groups in total. The van der Waals surface area contributed by atoms with Crippen LogP contribution in [-0.4, -0.2) is 0 Å². The zero-order chi connectivity index (χ0) is 14.6. The molecule has 6 nitrogen and oxygen atoms in total. The van der Waals surface area contributed by atoms with Crippen LogP contribution in [0.25, 0.3) is 21.5 Å². The molecule has 3 aromatic carbocycles. The third-order valence-corrected chi connectivity index (χ3v) is 3.67. The zero-order valence-corrected chi connectivity index (χ0v) is 10.8. The minimum absolute atomic E-state index is 0.246. The molecular weight excluding hydrogens is 252 g/mol. The predicted molar refractivity (Wildman–Crippen MR) is 87.9 cm³/mol. The highest BCUT2D eigenvalue weighted by molar-refractivity contribution is 6.24. The summed E-state index contributed by atoms with van der Waals surface area (Å²) in [4.78, 5) is 0. The fourth-order valence-corrected chi connectivity index (χ4v) is 2.59. The second kappa shape index (κ2) is 3.74. The number of benzene rings is 3. The van der Waals surface area contributed by atoms with E-state index in [1.165, 1.54) is 0 Å². The van der Waals surface area contributed by atoms with E-state index in [0.29, 0.717) is 33.5 Å². The van der Waals surface area contributed by atoms with Crippen LogP contribution in [0.1, 0.15) is 0 Å². The first-order chi connectivity index (χ1) is 9.43. The van der Waals surface area contributed by atoms with Crippen molar-refractivity contribution in [2.45, 2.75) is 0 Å². The largest absolute Gasteiger partial charge is 0.398 e. The highest BCUT2D eigenvalue weighted by Gasteiger charge is 2.17.